The Morgan fingerprint density at radius 3 is 1.75 bits per heavy atom. The van der Waals surface area contributed by atoms with Crippen LogP contribution in [-0.2, 0) is 0 Å². The maximum Gasteiger partial charge on any atom is 0.161 e. The van der Waals surface area contributed by atoms with Gasteiger partial charge in [-0.25, -0.2) is 15.0 Å². The molecule has 9 aromatic carbocycles. The molecule has 0 aliphatic heterocycles. The maximum atomic E-state index is 8.75. The Kier molecular flexibility index (Phi) is 10.8. The second kappa shape index (κ2) is 17.6. The Labute approximate surface area is 367 Å². The van der Waals surface area contributed by atoms with Crippen LogP contribution in [-0.4, -0.2) is 22.9 Å². The van der Waals surface area contributed by atoms with Crippen molar-refractivity contribution < 1.29 is 0 Å². The van der Waals surface area contributed by atoms with Crippen LogP contribution in [0.1, 0.15) is 16.7 Å². The van der Waals surface area contributed by atoms with Crippen LogP contribution in [0.5, 0.6) is 0 Å². The number of nitrogens with zero attached hydrogens (tertiary/aromatic N) is 3. The molecule has 10 aromatic rings. The smallest absolute Gasteiger partial charge is 0.161 e. The van der Waals surface area contributed by atoms with Crippen LogP contribution in [0.15, 0.2) is 241 Å². The standard InChI is InChI=1S/C58H41N5/c59-57(43-21-9-3-10-22-43)63-58(60-39-40-17-5-1-6-18-40)44-33-31-41(32-34-44)45-23-15-24-46(37-45)47-25-16-26-48(38-47)50-35-36-52-54(56(50)61-49-27-11-4-12-28-49)51-29-13-14-30-53(51)62-55(52)42-19-7-2-8-20-42/h1-39,59,61H. The van der Waals surface area contributed by atoms with Gasteiger partial charge in [0.25, 0.3) is 0 Å². The van der Waals surface area contributed by atoms with Crippen molar-refractivity contribution in [2.45, 2.75) is 0 Å². The first-order valence-corrected chi connectivity index (χ1v) is 21.0. The minimum absolute atomic E-state index is 0.156. The lowest BCUT2D eigenvalue weighted by atomic mass is 9.91. The fourth-order valence-electron chi connectivity index (χ4n) is 8.06. The fourth-order valence-corrected chi connectivity index (χ4v) is 8.06. The van der Waals surface area contributed by atoms with E-state index in [1.807, 2.05) is 84.9 Å². The zero-order valence-corrected chi connectivity index (χ0v) is 34.4. The molecule has 63 heavy (non-hydrogen) atoms. The predicted molar refractivity (Wildman–Crippen MR) is 265 cm³/mol. The second-order valence-electron chi connectivity index (χ2n) is 15.3. The van der Waals surface area contributed by atoms with Crippen LogP contribution in [0, 0.1) is 5.41 Å². The molecule has 0 saturated heterocycles. The number of para-hydroxylation sites is 2. The van der Waals surface area contributed by atoms with Crippen molar-refractivity contribution in [1.82, 2.24) is 4.98 Å². The predicted octanol–water partition coefficient (Wildman–Crippen LogP) is 14.7. The molecule has 2 N–H and O–H groups in total. The molecule has 5 heteroatoms. The minimum Gasteiger partial charge on any atom is -0.354 e. The van der Waals surface area contributed by atoms with Gasteiger partial charge in [0.15, 0.2) is 11.7 Å². The number of aromatic nitrogens is 1. The van der Waals surface area contributed by atoms with E-state index in [1.165, 1.54) is 0 Å². The molecule has 0 fully saturated rings. The highest BCUT2D eigenvalue weighted by atomic mass is 14.9. The van der Waals surface area contributed by atoms with Gasteiger partial charge >= 0.3 is 0 Å². The Hall–Kier alpha value is -8.54. The Balaban J connectivity index is 1.02. The number of hydrogen-bond donors (Lipinski definition) is 2. The van der Waals surface area contributed by atoms with Gasteiger partial charge in [-0.2, -0.15) is 0 Å². The summed E-state index contributed by atoms with van der Waals surface area (Å²) in [4.78, 5) is 14.7. The Morgan fingerprint density at radius 1 is 0.460 bits per heavy atom. The van der Waals surface area contributed by atoms with E-state index in [9.17, 15) is 0 Å². The Morgan fingerprint density at radius 2 is 1.03 bits per heavy atom. The molecular weight excluding hydrogens is 767 g/mol. The van der Waals surface area contributed by atoms with Gasteiger partial charge in [-0.05, 0) is 63.7 Å². The first-order chi connectivity index (χ1) is 31.1. The van der Waals surface area contributed by atoms with Crippen LogP contribution in [0.2, 0.25) is 0 Å². The third kappa shape index (κ3) is 8.32. The summed E-state index contributed by atoms with van der Waals surface area (Å²) in [6.07, 6.45) is 1.79. The highest BCUT2D eigenvalue weighted by molar-refractivity contribution is 6.20. The number of fused-ring (bicyclic) bond motifs is 3. The van der Waals surface area contributed by atoms with Gasteiger partial charge in [-0.15, -0.1) is 0 Å². The van der Waals surface area contributed by atoms with Crippen LogP contribution < -0.4 is 5.32 Å². The molecule has 0 amide bonds. The van der Waals surface area contributed by atoms with Crippen LogP contribution in [0.25, 0.3) is 66.3 Å². The summed E-state index contributed by atoms with van der Waals surface area (Å²) in [5.74, 6) is 0.629. The lowest BCUT2D eigenvalue weighted by Crippen LogP contribution is -2.04. The van der Waals surface area contributed by atoms with Gasteiger partial charge in [0.1, 0.15) is 0 Å². The molecule has 1 aromatic heterocycles. The minimum atomic E-state index is 0.156. The van der Waals surface area contributed by atoms with E-state index in [2.05, 4.69) is 151 Å². The van der Waals surface area contributed by atoms with Gasteiger partial charge in [0, 0.05) is 50.3 Å². The molecule has 1 heterocycles. The van der Waals surface area contributed by atoms with Crippen LogP contribution in [0.4, 0.5) is 11.4 Å². The van der Waals surface area contributed by atoms with Gasteiger partial charge in [-0.3, -0.25) is 5.41 Å². The number of anilines is 2. The van der Waals surface area contributed by atoms with E-state index in [4.69, 9.17) is 20.4 Å². The molecule has 0 unspecified atom stereocenters. The summed E-state index contributed by atoms with van der Waals surface area (Å²) in [5.41, 5.74) is 14.2. The normalized spacial score (nSPS) is 11.6. The molecule has 0 aliphatic rings. The van der Waals surface area contributed by atoms with Crippen molar-refractivity contribution in [1.29, 1.82) is 5.41 Å². The van der Waals surface area contributed by atoms with Gasteiger partial charge in [0.05, 0.1) is 16.9 Å². The quantitative estimate of drug-likeness (QED) is 0.0866. The average molecular weight is 808 g/mol. The van der Waals surface area contributed by atoms with Crippen molar-refractivity contribution >= 4 is 50.9 Å². The van der Waals surface area contributed by atoms with E-state index in [0.29, 0.717) is 5.84 Å². The molecule has 0 saturated carbocycles. The molecule has 0 radical (unpaired) electrons. The van der Waals surface area contributed by atoms with Crippen LogP contribution in [0.3, 0.4) is 0 Å². The highest BCUT2D eigenvalue weighted by Crippen LogP contribution is 2.44. The monoisotopic (exact) mass is 807 g/mol. The van der Waals surface area contributed by atoms with E-state index >= 15 is 0 Å². The first-order valence-electron chi connectivity index (χ1n) is 21.0. The molecule has 0 aliphatic carbocycles. The summed E-state index contributed by atoms with van der Waals surface area (Å²) in [6.45, 7) is 0. The number of hydrogen-bond acceptors (Lipinski definition) is 3. The molecule has 0 spiro atoms. The van der Waals surface area contributed by atoms with Crippen molar-refractivity contribution in [2.24, 2.45) is 9.98 Å². The summed E-state index contributed by atoms with van der Waals surface area (Å²) < 4.78 is 0. The zero-order valence-electron chi connectivity index (χ0n) is 34.4. The van der Waals surface area contributed by atoms with E-state index in [1.54, 1.807) is 6.21 Å². The number of benzene rings is 9. The zero-order chi connectivity index (χ0) is 42.4. The summed E-state index contributed by atoms with van der Waals surface area (Å²) >= 11 is 0. The third-order valence-electron chi connectivity index (χ3n) is 11.2. The summed E-state index contributed by atoms with van der Waals surface area (Å²) in [7, 11) is 0. The number of nitrogens with one attached hydrogen (secondary N) is 2. The Bertz CT molecular complexity index is 3290. The molecule has 0 atom stereocenters. The van der Waals surface area contributed by atoms with Gasteiger partial charge in [-0.1, -0.05) is 200 Å². The number of amidine groups is 2. The second-order valence-corrected chi connectivity index (χ2v) is 15.3. The number of aliphatic imine (C=N–C) groups is 2. The van der Waals surface area contributed by atoms with Gasteiger partial charge in [0.2, 0.25) is 0 Å². The van der Waals surface area contributed by atoms with E-state index in [-0.39, 0.29) is 5.84 Å². The van der Waals surface area contributed by atoms with Crippen molar-refractivity contribution in [2.75, 3.05) is 5.32 Å². The molecule has 298 valence electrons. The SMILES string of the molecule is N=C(N=C(N=Cc1ccccc1)c1ccc(-c2cccc(-c3cccc(-c4ccc5c(-c6ccccc6)nc6ccccc6c5c4Nc4ccccc4)c3)c2)cc1)c1ccccc1. The largest absolute Gasteiger partial charge is 0.354 e. The van der Waals surface area contributed by atoms with Crippen molar-refractivity contribution in [3.63, 3.8) is 0 Å². The summed E-state index contributed by atoms with van der Waals surface area (Å²) in [6, 6.07) is 79.0. The molecule has 10 rings (SSSR count). The lowest BCUT2D eigenvalue weighted by molar-refractivity contribution is 1.40. The highest BCUT2D eigenvalue weighted by Gasteiger charge is 2.18. The van der Waals surface area contributed by atoms with Gasteiger partial charge < -0.3 is 5.32 Å². The first kappa shape index (κ1) is 38.6. The van der Waals surface area contributed by atoms with E-state index in [0.717, 1.165) is 94.4 Å². The lowest BCUT2D eigenvalue weighted by Gasteiger charge is -2.19. The number of rotatable bonds is 9. The third-order valence-corrected chi connectivity index (χ3v) is 11.2. The topological polar surface area (TPSA) is 73.5 Å². The van der Waals surface area contributed by atoms with E-state index < -0.39 is 0 Å². The fraction of sp³-hybridized carbons (Fsp3) is 0. The average Bonchev–Trinajstić information content (AvgIpc) is 3.36. The van der Waals surface area contributed by atoms with Crippen molar-refractivity contribution in [3.05, 3.63) is 247 Å². The van der Waals surface area contributed by atoms with Crippen LogP contribution >= 0.6 is 0 Å². The summed E-state index contributed by atoms with van der Waals surface area (Å²) in [5, 5.41) is 15.9. The molecule has 0 bridgehead atoms. The maximum absolute atomic E-state index is 8.75. The van der Waals surface area contributed by atoms with Crippen molar-refractivity contribution in [3.8, 4) is 44.6 Å². The molecular formula is C58H41N5. The molecule has 5 nitrogen and oxygen atoms in total. The number of pyridine rings is 1.